The minimum Gasteiger partial charge on any atom is -0.489 e. The average Bonchev–Trinajstić information content (AvgIpc) is 2.85. The molecule has 10 nitrogen and oxygen atoms in total. The smallest absolute Gasteiger partial charge is 0.264 e. The van der Waals surface area contributed by atoms with Crippen molar-refractivity contribution in [2.75, 3.05) is 13.4 Å². The van der Waals surface area contributed by atoms with Crippen molar-refractivity contribution in [1.82, 2.24) is 15.0 Å². The van der Waals surface area contributed by atoms with E-state index in [1.165, 1.54) is 36.3 Å². The van der Waals surface area contributed by atoms with Gasteiger partial charge in [0.25, 0.3) is 11.5 Å². The number of halogens is 1. The average molecular weight is 536 g/mol. The summed E-state index contributed by atoms with van der Waals surface area (Å²) < 4.78 is 34.4. The van der Waals surface area contributed by atoms with E-state index in [4.69, 9.17) is 26.3 Å². The number of ether oxygens (including phenoxy) is 2. The molecule has 0 aliphatic rings. The fraction of sp³-hybridized carbons (Fsp3) is 0.292. The molecule has 1 amide bonds. The Kier molecular flexibility index (Phi) is 8.39. The van der Waals surface area contributed by atoms with E-state index in [1.807, 2.05) is 0 Å². The van der Waals surface area contributed by atoms with Gasteiger partial charge in [-0.05, 0) is 48.7 Å². The summed E-state index contributed by atoms with van der Waals surface area (Å²) >= 11 is 6.08. The lowest BCUT2D eigenvalue weighted by atomic mass is 10.1. The number of methoxy groups -OCH3 is 1. The highest BCUT2D eigenvalue weighted by atomic mass is 35.5. The van der Waals surface area contributed by atoms with Gasteiger partial charge in [-0.15, -0.1) is 0 Å². The number of aryl methyl sites for hydroxylation is 1. The summed E-state index contributed by atoms with van der Waals surface area (Å²) in [6.07, 6.45) is 3.85. The summed E-state index contributed by atoms with van der Waals surface area (Å²) in [6.45, 7) is 1.43. The number of hydrogen-bond donors (Lipinski definition) is 2. The van der Waals surface area contributed by atoms with Crippen LogP contribution in [0.3, 0.4) is 0 Å². The van der Waals surface area contributed by atoms with Crippen molar-refractivity contribution in [3.63, 3.8) is 0 Å². The van der Waals surface area contributed by atoms with Crippen LogP contribution in [0.2, 0.25) is 5.02 Å². The Bertz CT molecular complexity index is 1410. The number of nitrogens with zero attached hydrogens (tertiary/aromatic N) is 2. The van der Waals surface area contributed by atoms with Crippen molar-refractivity contribution in [1.29, 1.82) is 0 Å². The summed E-state index contributed by atoms with van der Waals surface area (Å²) in [5, 5.41) is 9.33. The monoisotopic (exact) mass is 535 g/mol. The predicted octanol–water partition coefficient (Wildman–Crippen LogP) is 2.85. The first-order chi connectivity index (χ1) is 17.0. The van der Waals surface area contributed by atoms with Crippen LogP contribution in [0.15, 0.2) is 59.7 Å². The summed E-state index contributed by atoms with van der Waals surface area (Å²) in [5.41, 5.74) is 3.24. The quantitative estimate of drug-likeness (QED) is 0.299. The minimum absolute atomic E-state index is 0.0346. The molecular weight excluding hydrogens is 510 g/mol. The van der Waals surface area contributed by atoms with Crippen molar-refractivity contribution in [3.8, 4) is 22.8 Å². The first-order valence-electron chi connectivity index (χ1n) is 10.7. The Morgan fingerprint density at radius 2 is 1.89 bits per heavy atom. The van der Waals surface area contributed by atoms with E-state index < -0.39 is 20.5 Å². The van der Waals surface area contributed by atoms with Gasteiger partial charge < -0.3 is 14.0 Å². The largest absolute Gasteiger partial charge is 0.489 e. The summed E-state index contributed by atoms with van der Waals surface area (Å²) in [4.78, 5) is 28.7. The SMILES string of the molecule is COc1ncc(COc2ccc(-c3ccn(CC[C@@](C)(C(=O)NO)S(C)(=O)=O)c(=O)c3)cc2)cc1Cl. The van der Waals surface area contributed by atoms with E-state index in [0.29, 0.717) is 22.2 Å². The predicted molar refractivity (Wildman–Crippen MR) is 134 cm³/mol. The number of pyridine rings is 2. The highest BCUT2D eigenvalue weighted by Gasteiger charge is 2.43. The maximum atomic E-state index is 12.6. The number of aromatic nitrogens is 2. The molecule has 0 unspecified atom stereocenters. The highest BCUT2D eigenvalue weighted by Crippen LogP contribution is 2.25. The van der Waals surface area contributed by atoms with Gasteiger partial charge in [0.2, 0.25) is 5.88 Å². The topological polar surface area (TPSA) is 137 Å². The molecule has 1 aromatic carbocycles. The third kappa shape index (κ3) is 6.04. The first-order valence-corrected chi connectivity index (χ1v) is 13.0. The van der Waals surface area contributed by atoms with Crippen LogP contribution in [-0.2, 0) is 27.8 Å². The number of nitrogens with one attached hydrogen (secondary N) is 1. The number of carbonyl (C=O) groups excluding carboxylic acids is 1. The van der Waals surface area contributed by atoms with E-state index in [9.17, 15) is 18.0 Å². The minimum atomic E-state index is -3.86. The van der Waals surface area contributed by atoms with Gasteiger partial charge in [-0.3, -0.25) is 14.8 Å². The van der Waals surface area contributed by atoms with Crippen molar-refractivity contribution >= 4 is 27.3 Å². The van der Waals surface area contributed by atoms with Crippen molar-refractivity contribution < 1.29 is 27.9 Å². The number of sulfone groups is 1. The maximum absolute atomic E-state index is 12.6. The van der Waals surface area contributed by atoms with Gasteiger partial charge in [0.05, 0.1) is 7.11 Å². The zero-order valence-corrected chi connectivity index (χ0v) is 21.5. The Morgan fingerprint density at radius 3 is 2.44 bits per heavy atom. The van der Waals surface area contributed by atoms with Crippen LogP contribution in [0.25, 0.3) is 11.1 Å². The fourth-order valence-corrected chi connectivity index (χ4v) is 4.51. The second-order valence-electron chi connectivity index (χ2n) is 8.29. The lowest BCUT2D eigenvalue weighted by Gasteiger charge is -2.25. The van der Waals surface area contributed by atoms with Crippen LogP contribution in [0.1, 0.15) is 18.9 Å². The number of rotatable bonds is 10. The van der Waals surface area contributed by atoms with E-state index >= 15 is 0 Å². The Hall–Kier alpha value is -3.41. The molecule has 12 heteroatoms. The molecule has 0 fully saturated rings. The standard InChI is InChI=1S/C24H26ClN3O7S/c1-24(23(30)27-31,36(3,32)33)9-11-28-10-8-18(13-21(28)29)17-4-6-19(7-5-17)35-15-16-12-20(25)22(34-2)26-14-16/h4-8,10,12-14,31H,9,11,15H2,1-3H3,(H,27,30)/t24-/m0/s1. The zero-order chi connectivity index (χ0) is 26.5. The van der Waals surface area contributed by atoms with Gasteiger partial charge in [-0.2, -0.15) is 0 Å². The molecule has 0 saturated carbocycles. The van der Waals surface area contributed by atoms with Gasteiger partial charge in [-0.25, -0.2) is 18.9 Å². The molecular formula is C24H26ClN3O7S. The molecule has 0 saturated heterocycles. The molecule has 0 aliphatic heterocycles. The van der Waals surface area contributed by atoms with Crippen LogP contribution in [0.4, 0.5) is 0 Å². The lowest BCUT2D eigenvalue weighted by Crippen LogP contribution is -2.49. The number of benzene rings is 1. The molecule has 192 valence electrons. The van der Waals surface area contributed by atoms with E-state index in [0.717, 1.165) is 17.4 Å². The zero-order valence-electron chi connectivity index (χ0n) is 19.9. The molecule has 2 N–H and O–H groups in total. The Morgan fingerprint density at radius 1 is 1.19 bits per heavy atom. The normalized spacial score (nSPS) is 13.0. The van der Waals surface area contributed by atoms with Crippen molar-refractivity contribution in [3.05, 3.63) is 75.8 Å². The van der Waals surface area contributed by atoms with Gasteiger partial charge in [0, 0.05) is 36.8 Å². The number of carbonyl (C=O) groups is 1. The molecule has 2 aromatic heterocycles. The second kappa shape index (κ2) is 11.1. The molecule has 1 atom stereocenters. The van der Waals surface area contributed by atoms with E-state index in [2.05, 4.69) is 4.98 Å². The van der Waals surface area contributed by atoms with E-state index in [1.54, 1.807) is 42.6 Å². The molecule has 0 bridgehead atoms. The number of hydroxylamine groups is 1. The third-order valence-electron chi connectivity index (χ3n) is 5.88. The summed E-state index contributed by atoms with van der Waals surface area (Å²) in [6, 6.07) is 12.0. The van der Waals surface area contributed by atoms with Crippen LogP contribution in [0.5, 0.6) is 11.6 Å². The van der Waals surface area contributed by atoms with Crippen LogP contribution >= 0.6 is 11.6 Å². The van der Waals surface area contributed by atoms with Gasteiger partial charge in [0.1, 0.15) is 17.4 Å². The number of amides is 1. The van der Waals surface area contributed by atoms with Gasteiger partial charge in [-0.1, -0.05) is 23.7 Å². The molecule has 0 spiro atoms. The molecule has 0 aliphatic carbocycles. The van der Waals surface area contributed by atoms with Crippen LogP contribution < -0.4 is 20.5 Å². The Labute approximate surface area is 213 Å². The van der Waals surface area contributed by atoms with Gasteiger partial charge in [0.15, 0.2) is 14.6 Å². The molecule has 2 heterocycles. The van der Waals surface area contributed by atoms with Crippen LogP contribution in [0, 0.1) is 0 Å². The van der Waals surface area contributed by atoms with Crippen molar-refractivity contribution in [2.24, 2.45) is 0 Å². The third-order valence-corrected chi connectivity index (χ3v) is 8.17. The van der Waals surface area contributed by atoms with Gasteiger partial charge >= 0.3 is 0 Å². The number of hydrogen-bond acceptors (Lipinski definition) is 8. The molecule has 36 heavy (non-hydrogen) atoms. The molecule has 3 aromatic rings. The van der Waals surface area contributed by atoms with Crippen LogP contribution in [-0.4, -0.2) is 47.2 Å². The summed E-state index contributed by atoms with van der Waals surface area (Å²) in [5.74, 6) is -0.101. The summed E-state index contributed by atoms with van der Waals surface area (Å²) in [7, 11) is -2.37. The van der Waals surface area contributed by atoms with E-state index in [-0.39, 0.29) is 25.1 Å². The molecule has 3 rings (SSSR count). The fourth-order valence-electron chi connectivity index (χ4n) is 3.40. The van der Waals surface area contributed by atoms with Crippen molar-refractivity contribution in [2.45, 2.75) is 31.2 Å². The first kappa shape index (κ1) is 27.2. The second-order valence-corrected chi connectivity index (χ2v) is 11.1. The maximum Gasteiger partial charge on any atom is 0.264 e. The lowest BCUT2D eigenvalue weighted by molar-refractivity contribution is -0.131. The molecule has 0 radical (unpaired) electrons. The highest BCUT2D eigenvalue weighted by molar-refractivity contribution is 7.92. The Balaban J connectivity index is 1.68.